The summed E-state index contributed by atoms with van der Waals surface area (Å²) in [6.45, 7) is 5.13. The van der Waals surface area contributed by atoms with Crippen molar-refractivity contribution in [2.75, 3.05) is 36.4 Å². The molecular weight excluding hydrogens is 366 g/mol. The summed E-state index contributed by atoms with van der Waals surface area (Å²) < 4.78 is 0. The Morgan fingerprint density at radius 1 is 1.00 bits per heavy atom. The molecule has 1 atom stereocenters. The molecule has 2 N–H and O–H groups in total. The Bertz CT molecular complexity index is 903. The molecule has 0 aromatic heterocycles. The standard InChI is InChI=1S/C22H25N5O2/c1-16-7-9-17(10-8-16)23-21(29)19-15-20(28)25-22(24-19)27-13-11-26(12-14-27)18-5-3-2-4-6-18/h2-10,19H,11-15H2,1H3,(H,23,29)(H,24,25,28)/t19-/m0/s1. The molecule has 4 rings (SSSR count). The summed E-state index contributed by atoms with van der Waals surface area (Å²) in [6.07, 6.45) is 0.0607. The van der Waals surface area contributed by atoms with E-state index in [1.54, 1.807) is 0 Å². The topological polar surface area (TPSA) is 77.0 Å². The van der Waals surface area contributed by atoms with Crippen molar-refractivity contribution < 1.29 is 9.59 Å². The van der Waals surface area contributed by atoms with Gasteiger partial charge in [-0.05, 0) is 31.2 Å². The minimum atomic E-state index is -0.716. The van der Waals surface area contributed by atoms with Gasteiger partial charge in [0, 0.05) is 37.6 Å². The van der Waals surface area contributed by atoms with Gasteiger partial charge >= 0.3 is 0 Å². The molecule has 2 amide bonds. The molecule has 7 nitrogen and oxygen atoms in total. The van der Waals surface area contributed by atoms with Crippen LogP contribution in [0.25, 0.3) is 0 Å². The molecule has 7 heteroatoms. The summed E-state index contributed by atoms with van der Waals surface area (Å²) in [5.74, 6) is 0.0617. The Kier molecular flexibility index (Phi) is 5.46. The van der Waals surface area contributed by atoms with E-state index < -0.39 is 6.04 Å². The molecule has 0 saturated carbocycles. The third-order valence-corrected chi connectivity index (χ3v) is 5.23. The van der Waals surface area contributed by atoms with E-state index in [1.807, 2.05) is 54.3 Å². The van der Waals surface area contributed by atoms with Gasteiger partial charge in [-0.25, -0.2) is 4.99 Å². The van der Waals surface area contributed by atoms with Gasteiger partial charge in [0.1, 0.15) is 6.04 Å². The van der Waals surface area contributed by atoms with Crippen molar-refractivity contribution in [3.05, 3.63) is 60.2 Å². The maximum Gasteiger partial charge on any atom is 0.249 e. The van der Waals surface area contributed by atoms with Gasteiger partial charge in [0.15, 0.2) is 0 Å². The average Bonchev–Trinajstić information content (AvgIpc) is 2.75. The molecular formula is C22H25N5O2. The predicted octanol–water partition coefficient (Wildman–Crippen LogP) is 2.00. The van der Waals surface area contributed by atoms with E-state index in [2.05, 4.69) is 32.7 Å². The van der Waals surface area contributed by atoms with Crippen LogP contribution in [0.5, 0.6) is 0 Å². The Labute approximate surface area is 170 Å². The van der Waals surface area contributed by atoms with Gasteiger partial charge in [-0.2, -0.15) is 0 Å². The molecule has 2 aliphatic rings. The quantitative estimate of drug-likeness (QED) is 0.839. The van der Waals surface area contributed by atoms with Crippen LogP contribution in [-0.4, -0.2) is 54.9 Å². The summed E-state index contributed by atoms with van der Waals surface area (Å²) in [7, 11) is 0. The van der Waals surface area contributed by atoms with Crippen molar-refractivity contribution in [2.24, 2.45) is 4.99 Å². The first-order valence-electron chi connectivity index (χ1n) is 9.88. The fourth-order valence-corrected chi connectivity index (χ4v) is 3.57. The van der Waals surface area contributed by atoms with Crippen LogP contribution in [0.3, 0.4) is 0 Å². The number of hydrogen-bond donors (Lipinski definition) is 2. The summed E-state index contributed by atoms with van der Waals surface area (Å²) in [5, 5.41) is 5.69. The molecule has 0 aliphatic carbocycles. The van der Waals surface area contributed by atoms with Crippen LogP contribution in [-0.2, 0) is 9.59 Å². The number of piperazine rings is 1. The highest BCUT2D eigenvalue weighted by Crippen LogP contribution is 2.17. The van der Waals surface area contributed by atoms with Gasteiger partial charge in [-0.15, -0.1) is 0 Å². The molecule has 0 radical (unpaired) electrons. The number of carbonyl (C=O) groups excluding carboxylic acids is 2. The summed E-state index contributed by atoms with van der Waals surface area (Å²) in [6, 6.07) is 17.1. The molecule has 29 heavy (non-hydrogen) atoms. The van der Waals surface area contributed by atoms with E-state index >= 15 is 0 Å². The van der Waals surface area contributed by atoms with Crippen LogP contribution in [0, 0.1) is 6.92 Å². The van der Waals surface area contributed by atoms with E-state index in [4.69, 9.17) is 0 Å². The largest absolute Gasteiger partial charge is 0.368 e. The van der Waals surface area contributed by atoms with E-state index in [0.29, 0.717) is 11.6 Å². The van der Waals surface area contributed by atoms with Crippen molar-refractivity contribution in [1.29, 1.82) is 0 Å². The summed E-state index contributed by atoms with van der Waals surface area (Å²) in [5.41, 5.74) is 3.02. The van der Waals surface area contributed by atoms with Crippen molar-refractivity contribution in [3.8, 4) is 0 Å². The Hall–Kier alpha value is -3.35. The first-order valence-corrected chi connectivity index (χ1v) is 9.88. The van der Waals surface area contributed by atoms with E-state index in [0.717, 1.165) is 31.7 Å². The average molecular weight is 391 g/mol. The van der Waals surface area contributed by atoms with Gasteiger partial charge < -0.3 is 15.1 Å². The number of benzene rings is 2. The van der Waals surface area contributed by atoms with Crippen molar-refractivity contribution >= 4 is 29.1 Å². The molecule has 2 aliphatic heterocycles. The lowest BCUT2D eigenvalue weighted by Crippen LogP contribution is -2.56. The van der Waals surface area contributed by atoms with Gasteiger partial charge in [0.2, 0.25) is 17.8 Å². The number of hydrogen-bond acceptors (Lipinski definition) is 5. The van der Waals surface area contributed by atoms with Crippen molar-refractivity contribution in [2.45, 2.75) is 19.4 Å². The van der Waals surface area contributed by atoms with Crippen LogP contribution in [0.15, 0.2) is 59.6 Å². The monoisotopic (exact) mass is 391 g/mol. The predicted molar refractivity (Wildman–Crippen MR) is 114 cm³/mol. The van der Waals surface area contributed by atoms with Gasteiger partial charge in [0.25, 0.3) is 0 Å². The number of amides is 2. The van der Waals surface area contributed by atoms with Gasteiger partial charge in [-0.3, -0.25) is 14.9 Å². The number of guanidine groups is 1. The molecule has 2 heterocycles. The summed E-state index contributed by atoms with van der Waals surface area (Å²) in [4.78, 5) is 33.7. The number of anilines is 2. The second-order valence-corrected chi connectivity index (χ2v) is 7.39. The molecule has 1 fully saturated rings. The maximum atomic E-state index is 12.6. The second kappa shape index (κ2) is 8.34. The van der Waals surface area contributed by atoms with Crippen LogP contribution in [0.1, 0.15) is 12.0 Å². The number of nitrogens with one attached hydrogen (secondary N) is 2. The zero-order valence-corrected chi connectivity index (χ0v) is 16.5. The van der Waals surface area contributed by atoms with Crippen molar-refractivity contribution in [3.63, 3.8) is 0 Å². The zero-order chi connectivity index (χ0) is 20.2. The molecule has 0 unspecified atom stereocenters. The third kappa shape index (κ3) is 4.56. The van der Waals surface area contributed by atoms with Gasteiger partial charge in [-0.1, -0.05) is 35.9 Å². The first kappa shape index (κ1) is 19.0. The second-order valence-electron chi connectivity index (χ2n) is 7.39. The zero-order valence-electron chi connectivity index (χ0n) is 16.5. The number of carbonyl (C=O) groups is 2. The van der Waals surface area contributed by atoms with E-state index in [9.17, 15) is 9.59 Å². The fourth-order valence-electron chi connectivity index (χ4n) is 3.57. The number of nitrogens with zero attached hydrogens (tertiary/aromatic N) is 3. The fraction of sp³-hybridized carbons (Fsp3) is 0.318. The molecule has 0 spiro atoms. The summed E-state index contributed by atoms with van der Waals surface area (Å²) >= 11 is 0. The number of para-hydroxylation sites is 1. The van der Waals surface area contributed by atoms with Crippen molar-refractivity contribution in [1.82, 2.24) is 10.2 Å². The Balaban J connectivity index is 1.40. The highest BCUT2D eigenvalue weighted by atomic mass is 16.2. The van der Waals surface area contributed by atoms with Crippen LogP contribution < -0.4 is 15.5 Å². The smallest absolute Gasteiger partial charge is 0.249 e. The molecule has 1 saturated heterocycles. The highest BCUT2D eigenvalue weighted by Gasteiger charge is 2.30. The van der Waals surface area contributed by atoms with E-state index in [1.165, 1.54) is 5.69 Å². The lowest BCUT2D eigenvalue weighted by Gasteiger charge is -2.38. The number of aryl methyl sites for hydroxylation is 1. The highest BCUT2D eigenvalue weighted by molar-refractivity contribution is 6.06. The number of rotatable bonds is 3. The van der Waals surface area contributed by atoms with Gasteiger partial charge in [0.05, 0.1) is 6.42 Å². The lowest BCUT2D eigenvalue weighted by molar-refractivity contribution is -0.125. The maximum absolute atomic E-state index is 12.6. The Morgan fingerprint density at radius 3 is 2.34 bits per heavy atom. The van der Waals surface area contributed by atoms with Crippen LogP contribution >= 0.6 is 0 Å². The minimum Gasteiger partial charge on any atom is -0.368 e. The molecule has 150 valence electrons. The molecule has 2 aromatic rings. The van der Waals surface area contributed by atoms with Crippen LogP contribution in [0.2, 0.25) is 0 Å². The minimum absolute atomic E-state index is 0.0607. The SMILES string of the molecule is Cc1ccc(NC(=O)[C@@H]2CC(=O)NC(N3CCN(c4ccccc4)CC3)=N2)cc1. The normalized spacial score (nSPS) is 19.4. The molecule has 0 bridgehead atoms. The number of aliphatic imine (C=N–C) groups is 1. The lowest BCUT2D eigenvalue weighted by atomic mass is 10.1. The molecule has 2 aromatic carbocycles. The van der Waals surface area contributed by atoms with E-state index in [-0.39, 0.29) is 18.2 Å². The Morgan fingerprint density at radius 2 is 1.66 bits per heavy atom. The third-order valence-electron chi connectivity index (χ3n) is 5.23. The first-order chi connectivity index (χ1) is 14.1. The van der Waals surface area contributed by atoms with Crippen LogP contribution in [0.4, 0.5) is 11.4 Å².